The van der Waals surface area contributed by atoms with Crippen molar-refractivity contribution in [3.8, 4) is 0 Å². The van der Waals surface area contributed by atoms with E-state index in [9.17, 15) is 17.6 Å². The van der Waals surface area contributed by atoms with Gasteiger partial charge in [-0.2, -0.15) is 0 Å². The monoisotopic (exact) mass is 567 g/mol. The summed E-state index contributed by atoms with van der Waals surface area (Å²) in [4.78, 5) is 21.5. The normalized spacial score (nSPS) is 14.5. The van der Waals surface area contributed by atoms with Gasteiger partial charge in [-0.15, -0.1) is 0 Å². The SMILES string of the molecule is NCc1cc(C(=O)N2CCN(Cc3ccc(F)c(Cl)c3)CC2)ccc1NS(=O)(=O)c1cccc2cccnc12. The highest BCUT2D eigenvalue weighted by Crippen LogP contribution is 2.26. The van der Waals surface area contributed by atoms with E-state index in [1.165, 1.54) is 12.1 Å². The number of hydrogen-bond donors (Lipinski definition) is 2. The number of amides is 1. The summed E-state index contributed by atoms with van der Waals surface area (Å²) in [5, 5.41) is 0.804. The van der Waals surface area contributed by atoms with E-state index >= 15 is 0 Å². The number of nitrogens with one attached hydrogen (secondary N) is 1. The van der Waals surface area contributed by atoms with Crippen molar-refractivity contribution in [2.75, 3.05) is 30.9 Å². The van der Waals surface area contributed by atoms with Gasteiger partial charge in [0.1, 0.15) is 10.7 Å². The summed E-state index contributed by atoms with van der Waals surface area (Å²) in [5.74, 6) is -0.598. The number of sulfonamides is 1. The van der Waals surface area contributed by atoms with Gasteiger partial charge in [-0.3, -0.25) is 19.4 Å². The summed E-state index contributed by atoms with van der Waals surface area (Å²) in [6.07, 6.45) is 1.55. The Kier molecular flexibility index (Phi) is 7.81. The van der Waals surface area contributed by atoms with E-state index in [0.29, 0.717) is 60.4 Å². The van der Waals surface area contributed by atoms with Crippen molar-refractivity contribution in [2.24, 2.45) is 5.73 Å². The molecule has 0 saturated carbocycles. The van der Waals surface area contributed by atoms with Gasteiger partial charge in [0.2, 0.25) is 0 Å². The van der Waals surface area contributed by atoms with Crippen LogP contribution in [0.3, 0.4) is 0 Å². The van der Waals surface area contributed by atoms with Gasteiger partial charge in [0.25, 0.3) is 15.9 Å². The Balaban J connectivity index is 1.27. The third kappa shape index (κ3) is 5.89. The van der Waals surface area contributed by atoms with Crippen LogP contribution in [0.2, 0.25) is 5.02 Å². The molecular formula is C28H27ClFN5O3S. The van der Waals surface area contributed by atoms with Crippen LogP contribution in [-0.2, 0) is 23.1 Å². The van der Waals surface area contributed by atoms with Gasteiger partial charge < -0.3 is 10.6 Å². The van der Waals surface area contributed by atoms with E-state index in [-0.39, 0.29) is 22.4 Å². The molecule has 1 amide bonds. The van der Waals surface area contributed by atoms with Crippen molar-refractivity contribution >= 4 is 44.1 Å². The Labute approximate surface area is 231 Å². The number of piperazine rings is 1. The van der Waals surface area contributed by atoms with Crippen molar-refractivity contribution in [3.05, 3.63) is 100 Å². The first-order valence-electron chi connectivity index (χ1n) is 12.4. The maximum Gasteiger partial charge on any atom is 0.264 e. The lowest BCUT2D eigenvalue weighted by atomic mass is 10.1. The van der Waals surface area contributed by atoms with Gasteiger partial charge in [0.05, 0.1) is 16.2 Å². The Morgan fingerprint density at radius 1 is 1.03 bits per heavy atom. The summed E-state index contributed by atoms with van der Waals surface area (Å²) in [5.41, 5.74) is 8.47. The number of nitrogens with zero attached hydrogens (tertiary/aromatic N) is 3. The summed E-state index contributed by atoms with van der Waals surface area (Å²) in [6, 6.07) is 18.0. The molecule has 0 atom stereocenters. The fourth-order valence-corrected chi connectivity index (χ4v) is 6.16. The van der Waals surface area contributed by atoms with Gasteiger partial charge in [-0.25, -0.2) is 12.8 Å². The molecule has 1 aliphatic rings. The van der Waals surface area contributed by atoms with E-state index < -0.39 is 15.8 Å². The highest BCUT2D eigenvalue weighted by Gasteiger charge is 2.24. The van der Waals surface area contributed by atoms with E-state index in [2.05, 4.69) is 14.6 Å². The van der Waals surface area contributed by atoms with Crippen LogP contribution in [-0.4, -0.2) is 55.3 Å². The third-order valence-electron chi connectivity index (χ3n) is 6.75. The highest BCUT2D eigenvalue weighted by molar-refractivity contribution is 7.93. The second kappa shape index (κ2) is 11.3. The highest BCUT2D eigenvalue weighted by atomic mass is 35.5. The number of rotatable bonds is 7. The topological polar surface area (TPSA) is 109 Å². The minimum absolute atomic E-state index is 0.0424. The minimum atomic E-state index is -3.96. The zero-order valence-corrected chi connectivity index (χ0v) is 22.6. The summed E-state index contributed by atoms with van der Waals surface area (Å²) in [7, 11) is -3.96. The Bertz CT molecular complexity index is 1640. The zero-order valence-electron chi connectivity index (χ0n) is 21.0. The standard InChI is InChI=1S/C28H27ClFN5O3S/c29-23-15-19(6-8-24(23)30)18-34-11-13-35(14-12-34)28(36)21-7-9-25(22(16-21)17-31)33-39(37,38)26-5-1-3-20-4-2-10-32-27(20)26/h1-10,15-16,33H,11-14,17-18,31H2. The van der Waals surface area contributed by atoms with Gasteiger partial charge in [-0.1, -0.05) is 35.9 Å². The first-order chi connectivity index (χ1) is 18.7. The molecule has 1 aliphatic heterocycles. The number of para-hydroxylation sites is 1. The van der Waals surface area contributed by atoms with Crippen molar-refractivity contribution in [1.29, 1.82) is 0 Å². The van der Waals surface area contributed by atoms with Crippen LogP contribution in [0.4, 0.5) is 10.1 Å². The number of fused-ring (bicyclic) bond motifs is 1. The molecule has 0 unspecified atom stereocenters. The molecule has 1 fully saturated rings. The lowest BCUT2D eigenvalue weighted by molar-refractivity contribution is 0.0628. The molecule has 3 aromatic carbocycles. The number of nitrogens with two attached hydrogens (primary N) is 1. The van der Waals surface area contributed by atoms with Crippen LogP contribution in [0.15, 0.2) is 77.8 Å². The van der Waals surface area contributed by atoms with E-state index in [4.69, 9.17) is 17.3 Å². The molecule has 1 saturated heterocycles. The minimum Gasteiger partial charge on any atom is -0.336 e. The molecule has 202 valence electrons. The molecule has 11 heteroatoms. The molecule has 2 heterocycles. The van der Waals surface area contributed by atoms with Gasteiger partial charge in [0.15, 0.2) is 0 Å². The maximum atomic E-state index is 13.4. The molecule has 0 bridgehead atoms. The molecule has 3 N–H and O–H groups in total. The lowest BCUT2D eigenvalue weighted by Crippen LogP contribution is -2.48. The number of pyridine rings is 1. The van der Waals surface area contributed by atoms with Crippen molar-refractivity contribution < 1.29 is 17.6 Å². The van der Waals surface area contributed by atoms with Crippen LogP contribution < -0.4 is 10.5 Å². The Hall–Kier alpha value is -3.57. The first-order valence-corrected chi connectivity index (χ1v) is 14.3. The van der Waals surface area contributed by atoms with Crippen LogP contribution in [0, 0.1) is 5.82 Å². The largest absolute Gasteiger partial charge is 0.336 e. The number of anilines is 1. The zero-order chi connectivity index (χ0) is 27.6. The number of aromatic nitrogens is 1. The second-order valence-corrected chi connectivity index (χ2v) is 11.4. The number of carbonyl (C=O) groups excluding carboxylic acids is 1. The van der Waals surface area contributed by atoms with E-state index in [0.717, 1.165) is 5.56 Å². The average molecular weight is 568 g/mol. The molecule has 5 rings (SSSR count). The quantitative estimate of drug-likeness (QED) is 0.346. The number of benzene rings is 3. The molecule has 39 heavy (non-hydrogen) atoms. The molecule has 1 aromatic heterocycles. The fraction of sp³-hybridized carbons (Fsp3) is 0.214. The van der Waals surface area contributed by atoms with E-state index in [1.54, 1.807) is 65.7 Å². The molecule has 4 aromatic rings. The molecule has 0 aliphatic carbocycles. The average Bonchev–Trinajstić information content (AvgIpc) is 2.95. The third-order valence-corrected chi connectivity index (χ3v) is 8.44. The summed E-state index contributed by atoms with van der Waals surface area (Å²) >= 11 is 5.89. The Morgan fingerprint density at radius 2 is 1.79 bits per heavy atom. The smallest absolute Gasteiger partial charge is 0.264 e. The first kappa shape index (κ1) is 27.0. The van der Waals surface area contributed by atoms with Gasteiger partial charge in [0, 0.05) is 56.4 Å². The predicted octanol–water partition coefficient (Wildman–Crippen LogP) is 4.24. The molecule has 0 radical (unpaired) electrons. The number of halogens is 2. The maximum absolute atomic E-state index is 13.4. The summed E-state index contributed by atoms with van der Waals surface area (Å²) < 4.78 is 42.6. The predicted molar refractivity (Wildman–Crippen MR) is 149 cm³/mol. The molecular weight excluding hydrogens is 541 g/mol. The van der Waals surface area contributed by atoms with Crippen molar-refractivity contribution in [2.45, 2.75) is 18.0 Å². The van der Waals surface area contributed by atoms with Crippen molar-refractivity contribution in [3.63, 3.8) is 0 Å². The van der Waals surface area contributed by atoms with Gasteiger partial charge in [-0.05, 0) is 53.6 Å². The Morgan fingerprint density at radius 3 is 2.54 bits per heavy atom. The molecule has 0 spiro atoms. The fourth-order valence-electron chi connectivity index (χ4n) is 4.68. The van der Waals surface area contributed by atoms with Crippen LogP contribution in [0.5, 0.6) is 0 Å². The number of hydrogen-bond acceptors (Lipinski definition) is 6. The summed E-state index contributed by atoms with van der Waals surface area (Å²) in [6.45, 7) is 3.01. The van der Waals surface area contributed by atoms with Crippen LogP contribution >= 0.6 is 11.6 Å². The lowest BCUT2D eigenvalue weighted by Gasteiger charge is -2.35. The molecule has 8 nitrogen and oxygen atoms in total. The van der Waals surface area contributed by atoms with Crippen LogP contribution in [0.25, 0.3) is 10.9 Å². The van der Waals surface area contributed by atoms with E-state index in [1.807, 2.05) is 0 Å². The second-order valence-electron chi connectivity index (χ2n) is 9.33. The van der Waals surface area contributed by atoms with Gasteiger partial charge >= 0.3 is 0 Å². The van der Waals surface area contributed by atoms with Crippen molar-refractivity contribution in [1.82, 2.24) is 14.8 Å². The van der Waals surface area contributed by atoms with Crippen LogP contribution in [0.1, 0.15) is 21.5 Å². The number of carbonyl (C=O) groups is 1.